The van der Waals surface area contributed by atoms with Crippen molar-refractivity contribution in [2.75, 3.05) is 5.33 Å². The summed E-state index contributed by atoms with van der Waals surface area (Å²) in [4.78, 5) is 0. The maximum Gasteiger partial charge on any atom is 0.00906 e. The molecule has 0 aromatic rings. The van der Waals surface area contributed by atoms with Crippen molar-refractivity contribution in [1.82, 2.24) is 0 Å². The highest BCUT2D eigenvalue weighted by molar-refractivity contribution is 9.09. The minimum Gasteiger partial charge on any atom is -0.0922 e. The van der Waals surface area contributed by atoms with Gasteiger partial charge in [-0.25, -0.2) is 0 Å². The Hall–Kier alpha value is 0.480. The van der Waals surface area contributed by atoms with E-state index >= 15 is 0 Å². The third kappa shape index (κ3) is 1.95. The third-order valence-corrected chi connectivity index (χ3v) is 5.45. The highest BCUT2D eigenvalue weighted by atomic mass is 79.9. The average Bonchev–Trinajstić information content (AvgIpc) is 2.69. The van der Waals surface area contributed by atoms with E-state index in [2.05, 4.69) is 15.9 Å². The van der Waals surface area contributed by atoms with Crippen LogP contribution in [0.15, 0.2) is 0 Å². The zero-order valence-electron chi connectivity index (χ0n) is 8.53. The van der Waals surface area contributed by atoms with Crippen LogP contribution in [0, 0.1) is 11.3 Å². The summed E-state index contributed by atoms with van der Waals surface area (Å²) in [6, 6.07) is 0. The Labute approximate surface area is 90.6 Å². The second kappa shape index (κ2) is 4.33. The normalized spacial score (nSPS) is 29.3. The second-order valence-corrected chi connectivity index (χ2v) is 5.60. The molecule has 0 heterocycles. The molecule has 76 valence electrons. The molecule has 0 saturated heterocycles. The van der Waals surface area contributed by atoms with Gasteiger partial charge in [0.05, 0.1) is 0 Å². The molecule has 0 bridgehead atoms. The Morgan fingerprint density at radius 1 is 0.923 bits per heavy atom. The van der Waals surface area contributed by atoms with Gasteiger partial charge in [0, 0.05) is 5.33 Å². The topological polar surface area (TPSA) is 0 Å². The van der Waals surface area contributed by atoms with Crippen LogP contribution in [0.2, 0.25) is 0 Å². The second-order valence-electron chi connectivity index (χ2n) is 5.04. The Balaban J connectivity index is 2.01. The maximum absolute atomic E-state index is 3.77. The lowest BCUT2D eigenvalue weighted by Gasteiger charge is -2.38. The van der Waals surface area contributed by atoms with E-state index in [4.69, 9.17) is 0 Å². The van der Waals surface area contributed by atoms with Crippen molar-refractivity contribution in [2.45, 2.75) is 57.8 Å². The molecule has 2 aliphatic carbocycles. The van der Waals surface area contributed by atoms with Crippen molar-refractivity contribution in [2.24, 2.45) is 11.3 Å². The molecule has 2 fully saturated rings. The van der Waals surface area contributed by atoms with Gasteiger partial charge in [0.25, 0.3) is 0 Å². The van der Waals surface area contributed by atoms with Crippen LogP contribution in [0.5, 0.6) is 0 Å². The molecular weight excluding hydrogens is 224 g/mol. The molecule has 0 atom stereocenters. The molecule has 1 heteroatoms. The number of hydrogen-bond donors (Lipinski definition) is 0. The van der Waals surface area contributed by atoms with Gasteiger partial charge in [-0.1, -0.05) is 48.0 Å². The summed E-state index contributed by atoms with van der Waals surface area (Å²) in [6.07, 6.45) is 13.5. The fraction of sp³-hybridized carbons (Fsp3) is 1.00. The highest BCUT2D eigenvalue weighted by Gasteiger charge is 2.40. The first kappa shape index (κ1) is 10.0. The molecule has 0 amide bonds. The monoisotopic (exact) mass is 244 g/mol. The Bertz CT molecular complexity index is 153. The van der Waals surface area contributed by atoms with Crippen molar-refractivity contribution >= 4 is 15.9 Å². The first-order chi connectivity index (χ1) is 6.37. The van der Waals surface area contributed by atoms with Crippen molar-refractivity contribution < 1.29 is 0 Å². The van der Waals surface area contributed by atoms with Crippen LogP contribution in [0.1, 0.15) is 57.8 Å². The molecule has 2 saturated carbocycles. The van der Waals surface area contributed by atoms with Gasteiger partial charge in [0.2, 0.25) is 0 Å². The van der Waals surface area contributed by atoms with E-state index in [0.717, 1.165) is 11.3 Å². The van der Waals surface area contributed by atoms with Crippen LogP contribution in [-0.4, -0.2) is 5.33 Å². The van der Waals surface area contributed by atoms with Crippen molar-refractivity contribution in [3.05, 3.63) is 0 Å². The summed E-state index contributed by atoms with van der Waals surface area (Å²) < 4.78 is 0. The molecule has 0 N–H and O–H groups in total. The van der Waals surface area contributed by atoms with E-state index in [-0.39, 0.29) is 0 Å². The smallest absolute Gasteiger partial charge is 0.00906 e. The maximum atomic E-state index is 3.77. The fourth-order valence-corrected chi connectivity index (χ4v) is 4.46. The number of hydrogen-bond acceptors (Lipinski definition) is 0. The van der Waals surface area contributed by atoms with E-state index in [1.807, 2.05) is 0 Å². The molecule has 0 radical (unpaired) electrons. The summed E-state index contributed by atoms with van der Waals surface area (Å²) in [6.45, 7) is 0. The molecule has 0 unspecified atom stereocenters. The molecule has 2 rings (SSSR count). The van der Waals surface area contributed by atoms with Gasteiger partial charge in [-0.05, 0) is 37.0 Å². The van der Waals surface area contributed by atoms with Crippen LogP contribution < -0.4 is 0 Å². The first-order valence-electron chi connectivity index (χ1n) is 5.93. The Morgan fingerprint density at radius 2 is 1.54 bits per heavy atom. The minimum atomic E-state index is 0.723. The molecule has 0 spiro atoms. The van der Waals surface area contributed by atoms with E-state index in [1.54, 1.807) is 0 Å². The van der Waals surface area contributed by atoms with E-state index in [9.17, 15) is 0 Å². The predicted octanol–water partition coefficient (Wildman–Crippen LogP) is 4.52. The van der Waals surface area contributed by atoms with Crippen LogP contribution >= 0.6 is 15.9 Å². The molecule has 0 aromatic carbocycles. The predicted molar refractivity (Wildman–Crippen MR) is 61.3 cm³/mol. The minimum absolute atomic E-state index is 0.723. The molecule has 0 nitrogen and oxygen atoms in total. The Morgan fingerprint density at radius 3 is 2.08 bits per heavy atom. The third-order valence-electron chi connectivity index (χ3n) is 4.34. The van der Waals surface area contributed by atoms with Crippen LogP contribution in [-0.2, 0) is 0 Å². The van der Waals surface area contributed by atoms with Crippen LogP contribution in [0.25, 0.3) is 0 Å². The van der Waals surface area contributed by atoms with Gasteiger partial charge in [0.15, 0.2) is 0 Å². The molecule has 0 aromatic heterocycles. The summed E-state index contributed by atoms with van der Waals surface area (Å²) in [5.41, 5.74) is 0.723. The zero-order valence-corrected chi connectivity index (χ0v) is 10.1. The summed E-state index contributed by atoms with van der Waals surface area (Å²) in [5, 5.41) is 1.27. The van der Waals surface area contributed by atoms with E-state index in [0.29, 0.717) is 0 Å². The largest absolute Gasteiger partial charge is 0.0922 e. The van der Waals surface area contributed by atoms with Gasteiger partial charge >= 0.3 is 0 Å². The molecular formula is C12H21Br. The first-order valence-corrected chi connectivity index (χ1v) is 7.05. The quantitative estimate of drug-likeness (QED) is 0.627. The van der Waals surface area contributed by atoms with Crippen molar-refractivity contribution in [3.8, 4) is 0 Å². The Kier molecular flexibility index (Phi) is 3.34. The highest BCUT2D eigenvalue weighted by Crippen LogP contribution is 2.50. The van der Waals surface area contributed by atoms with Gasteiger partial charge in [-0.3, -0.25) is 0 Å². The van der Waals surface area contributed by atoms with Crippen molar-refractivity contribution in [1.29, 1.82) is 0 Å². The molecule has 13 heavy (non-hydrogen) atoms. The number of alkyl halides is 1. The summed E-state index contributed by atoms with van der Waals surface area (Å²) in [7, 11) is 0. The fourth-order valence-electron chi connectivity index (χ4n) is 3.45. The van der Waals surface area contributed by atoms with E-state index in [1.165, 1.54) is 63.1 Å². The van der Waals surface area contributed by atoms with Gasteiger partial charge in [-0.2, -0.15) is 0 Å². The SMILES string of the molecule is BrCC1(C2CCCCC2)CCCC1. The van der Waals surface area contributed by atoms with Crippen molar-refractivity contribution in [3.63, 3.8) is 0 Å². The lowest BCUT2D eigenvalue weighted by Crippen LogP contribution is -2.30. The summed E-state index contributed by atoms with van der Waals surface area (Å²) in [5.74, 6) is 1.06. The lowest BCUT2D eigenvalue weighted by molar-refractivity contribution is 0.151. The van der Waals surface area contributed by atoms with Gasteiger partial charge in [0.1, 0.15) is 0 Å². The van der Waals surface area contributed by atoms with Gasteiger partial charge < -0.3 is 0 Å². The van der Waals surface area contributed by atoms with Crippen LogP contribution in [0.3, 0.4) is 0 Å². The van der Waals surface area contributed by atoms with Crippen LogP contribution in [0.4, 0.5) is 0 Å². The number of rotatable bonds is 2. The lowest BCUT2D eigenvalue weighted by atomic mass is 9.69. The standard InChI is InChI=1S/C12H21Br/c13-10-12(8-4-5-9-12)11-6-2-1-3-7-11/h11H,1-10H2. The molecule has 0 aliphatic heterocycles. The van der Waals surface area contributed by atoms with E-state index < -0.39 is 0 Å². The number of halogens is 1. The summed E-state index contributed by atoms with van der Waals surface area (Å²) >= 11 is 3.77. The van der Waals surface area contributed by atoms with Gasteiger partial charge in [-0.15, -0.1) is 0 Å². The average molecular weight is 245 g/mol. The molecule has 2 aliphatic rings. The zero-order chi connectivity index (χ0) is 9.15.